The Hall–Kier alpha value is -2.27. The second-order valence-electron chi connectivity index (χ2n) is 4.64. The minimum Gasteiger partial charge on any atom is -0.495 e. The van der Waals surface area contributed by atoms with Crippen LogP contribution in [0.3, 0.4) is 0 Å². The number of nitrogens with one attached hydrogen (secondary N) is 1. The second kappa shape index (κ2) is 8.39. The van der Waals surface area contributed by atoms with Crippen molar-refractivity contribution in [3.8, 4) is 11.5 Å². The van der Waals surface area contributed by atoms with E-state index in [1.807, 2.05) is 37.3 Å². The summed E-state index contributed by atoms with van der Waals surface area (Å²) in [6, 6.07) is 13.0. The first kappa shape index (κ1) is 17.1. The summed E-state index contributed by atoms with van der Waals surface area (Å²) in [6.45, 7) is 2.50. The molecule has 0 aromatic heterocycles. The van der Waals surface area contributed by atoms with E-state index in [9.17, 15) is 4.79 Å². The Balaban J connectivity index is 2.12. The highest BCUT2D eigenvalue weighted by Crippen LogP contribution is 2.28. The number of hydrogen-bond acceptors (Lipinski definition) is 3. The maximum Gasteiger partial charge on any atom is 0.248 e. The normalized spacial score (nSPS) is 10.6. The van der Waals surface area contributed by atoms with E-state index in [-0.39, 0.29) is 5.91 Å². The molecule has 0 fully saturated rings. The van der Waals surface area contributed by atoms with Crippen LogP contribution in [0.25, 0.3) is 6.08 Å². The number of hydrogen-bond donors (Lipinski definition) is 1. The quantitative estimate of drug-likeness (QED) is 0.755. The number of para-hydroxylation sites is 1. The molecule has 0 heterocycles. The fraction of sp³-hybridized carbons (Fsp3) is 0.167. The molecule has 4 nitrogen and oxygen atoms in total. The van der Waals surface area contributed by atoms with Gasteiger partial charge in [-0.15, -0.1) is 0 Å². The van der Waals surface area contributed by atoms with Gasteiger partial charge in [0.1, 0.15) is 11.5 Å². The maximum absolute atomic E-state index is 12.1. The average molecular weight is 376 g/mol. The van der Waals surface area contributed by atoms with Gasteiger partial charge in [-0.25, -0.2) is 0 Å². The highest BCUT2D eigenvalue weighted by molar-refractivity contribution is 9.10. The van der Waals surface area contributed by atoms with Crippen LogP contribution in [0.15, 0.2) is 53.0 Å². The fourth-order valence-corrected chi connectivity index (χ4v) is 2.38. The van der Waals surface area contributed by atoms with Gasteiger partial charge in [0.05, 0.1) is 19.4 Å². The van der Waals surface area contributed by atoms with Crippen molar-refractivity contribution < 1.29 is 14.3 Å². The van der Waals surface area contributed by atoms with Crippen molar-refractivity contribution in [1.82, 2.24) is 0 Å². The molecular formula is C18H18BrNO3. The molecule has 2 aromatic rings. The SMILES string of the molecule is CCOc1ccccc1/C=C/C(=O)Nc1cc(Br)ccc1OC. The van der Waals surface area contributed by atoms with Crippen LogP contribution in [0.2, 0.25) is 0 Å². The zero-order valence-electron chi connectivity index (χ0n) is 13.0. The maximum atomic E-state index is 12.1. The van der Waals surface area contributed by atoms with Crippen LogP contribution in [0.1, 0.15) is 12.5 Å². The van der Waals surface area contributed by atoms with Crippen molar-refractivity contribution in [2.75, 3.05) is 19.0 Å². The molecule has 23 heavy (non-hydrogen) atoms. The Kier molecular flexibility index (Phi) is 6.23. The van der Waals surface area contributed by atoms with Gasteiger partial charge < -0.3 is 14.8 Å². The topological polar surface area (TPSA) is 47.6 Å². The lowest BCUT2D eigenvalue weighted by Crippen LogP contribution is -2.09. The highest BCUT2D eigenvalue weighted by Gasteiger charge is 2.06. The molecule has 0 radical (unpaired) electrons. The summed E-state index contributed by atoms with van der Waals surface area (Å²) < 4.78 is 11.6. The predicted molar refractivity (Wildman–Crippen MR) is 96.0 cm³/mol. The minimum atomic E-state index is -0.243. The second-order valence-corrected chi connectivity index (χ2v) is 5.55. The molecule has 0 saturated heterocycles. The van der Waals surface area contributed by atoms with E-state index >= 15 is 0 Å². The molecule has 0 bridgehead atoms. The Morgan fingerprint density at radius 2 is 2.00 bits per heavy atom. The lowest BCUT2D eigenvalue weighted by Gasteiger charge is -2.09. The molecule has 0 aliphatic rings. The number of ether oxygens (including phenoxy) is 2. The molecule has 5 heteroatoms. The summed E-state index contributed by atoms with van der Waals surface area (Å²) in [5.74, 6) is 1.11. The van der Waals surface area contributed by atoms with E-state index in [2.05, 4.69) is 21.2 Å². The van der Waals surface area contributed by atoms with Gasteiger partial charge in [-0.1, -0.05) is 34.1 Å². The van der Waals surface area contributed by atoms with Gasteiger partial charge in [-0.3, -0.25) is 4.79 Å². The van der Waals surface area contributed by atoms with Crippen LogP contribution in [0.4, 0.5) is 5.69 Å². The summed E-state index contributed by atoms with van der Waals surface area (Å²) in [7, 11) is 1.56. The molecule has 2 rings (SSSR count). The van der Waals surface area contributed by atoms with Crippen LogP contribution in [-0.4, -0.2) is 19.6 Å². The van der Waals surface area contributed by atoms with Gasteiger partial charge in [0.15, 0.2) is 0 Å². The molecule has 1 amide bonds. The number of rotatable bonds is 6. The number of anilines is 1. The average Bonchev–Trinajstić information content (AvgIpc) is 2.54. The van der Waals surface area contributed by atoms with Crippen LogP contribution in [-0.2, 0) is 4.79 Å². The van der Waals surface area contributed by atoms with Crippen LogP contribution in [0, 0.1) is 0 Å². The highest BCUT2D eigenvalue weighted by atomic mass is 79.9. The van der Waals surface area contributed by atoms with Gasteiger partial charge in [0.2, 0.25) is 5.91 Å². The smallest absolute Gasteiger partial charge is 0.248 e. The molecule has 1 N–H and O–H groups in total. The van der Waals surface area contributed by atoms with E-state index in [0.717, 1.165) is 15.8 Å². The summed E-state index contributed by atoms with van der Waals surface area (Å²) in [6.07, 6.45) is 3.20. The van der Waals surface area contributed by atoms with E-state index in [0.29, 0.717) is 18.0 Å². The number of carbonyl (C=O) groups is 1. The zero-order valence-corrected chi connectivity index (χ0v) is 14.6. The summed E-state index contributed by atoms with van der Waals surface area (Å²) >= 11 is 3.38. The van der Waals surface area contributed by atoms with Crippen LogP contribution < -0.4 is 14.8 Å². The number of benzene rings is 2. The van der Waals surface area contributed by atoms with E-state index < -0.39 is 0 Å². The molecule has 0 spiro atoms. The Labute approximate surface area is 144 Å². The minimum absolute atomic E-state index is 0.243. The number of amides is 1. The molecule has 2 aromatic carbocycles. The standard InChI is InChI=1S/C18H18BrNO3/c1-3-23-16-7-5-4-6-13(16)8-11-18(21)20-15-12-14(19)9-10-17(15)22-2/h4-12H,3H2,1-2H3,(H,20,21)/b11-8+. The lowest BCUT2D eigenvalue weighted by molar-refractivity contribution is -0.111. The van der Waals surface area contributed by atoms with E-state index in [1.54, 1.807) is 25.3 Å². The molecule has 0 saturated carbocycles. The first-order chi connectivity index (χ1) is 11.1. The third kappa shape index (κ3) is 4.86. The molecule has 0 unspecified atom stereocenters. The van der Waals surface area contributed by atoms with Crippen molar-refractivity contribution in [2.45, 2.75) is 6.92 Å². The number of carbonyl (C=O) groups excluding carboxylic acids is 1. The summed E-state index contributed by atoms with van der Waals surface area (Å²) in [5, 5.41) is 2.80. The molecule has 0 aliphatic heterocycles. The fourth-order valence-electron chi connectivity index (χ4n) is 2.02. The molecular weight excluding hydrogens is 358 g/mol. The van der Waals surface area contributed by atoms with Gasteiger partial charge in [0.25, 0.3) is 0 Å². The van der Waals surface area contributed by atoms with E-state index in [4.69, 9.17) is 9.47 Å². The van der Waals surface area contributed by atoms with Gasteiger partial charge >= 0.3 is 0 Å². The molecule has 0 aliphatic carbocycles. The monoisotopic (exact) mass is 375 g/mol. The third-order valence-electron chi connectivity index (χ3n) is 3.05. The third-order valence-corrected chi connectivity index (χ3v) is 3.55. The van der Waals surface area contributed by atoms with Gasteiger partial charge in [0, 0.05) is 16.1 Å². The van der Waals surface area contributed by atoms with Crippen molar-refractivity contribution in [3.63, 3.8) is 0 Å². The Bertz CT molecular complexity index is 713. The van der Waals surface area contributed by atoms with Crippen molar-refractivity contribution in [2.24, 2.45) is 0 Å². The lowest BCUT2D eigenvalue weighted by atomic mass is 10.2. The van der Waals surface area contributed by atoms with E-state index in [1.165, 1.54) is 6.08 Å². The molecule has 0 atom stereocenters. The van der Waals surface area contributed by atoms with Crippen molar-refractivity contribution >= 4 is 33.6 Å². The predicted octanol–water partition coefficient (Wildman–Crippen LogP) is 4.51. The number of methoxy groups -OCH3 is 1. The van der Waals surface area contributed by atoms with Crippen molar-refractivity contribution in [3.05, 3.63) is 58.6 Å². The van der Waals surface area contributed by atoms with Crippen LogP contribution >= 0.6 is 15.9 Å². The van der Waals surface area contributed by atoms with Crippen LogP contribution in [0.5, 0.6) is 11.5 Å². The van der Waals surface area contributed by atoms with Gasteiger partial charge in [-0.2, -0.15) is 0 Å². The van der Waals surface area contributed by atoms with Gasteiger partial charge in [-0.05, 0) is 37.3 Å². The summed E-state index contributed by atoms with van der Waals surface area (Å²) in [4.78, 5) is 12.1. The summed E-state index contributed by atoms with van der Waals surface area (Å²) in [5.41, 5.74) is 1.46. The number of halogens is 1. The first-order valence-electron chi connectivity index (χ1n) is 7.18. The Morgan fingerprint density at radius 3 is 2.74 bits per heavy atom. The largest absolute Gasteiger partial charge is 0.495 e. The first-order valence-corrected chi connectivity index (χ1v) is 7.97. The zero-order chi connectivity index (χ0) is 16.7. The van der Waals surface area contributed by atoms with Crippen molar-refractivity contribution in [1.29, 1.82) is 0 Å². The Morgan fingerprint density at radius 1 is 1.22 bits per heavy atom. The molecule has 120 valence electrons.